The highest BCUT2D eigenvalue weighted by molar-refractivity contribution is 7.57. The van der Waals surface area contributed by atoms with Crippen LogP contribution in [0.1, 0.15) is 47.5 Å². The zero-order valence-corrected chi connectivity index (χ0v) is 22.8. The van der Waals surface area contributed by atoms with Gasteiger partial charge in [0, 0.05) is 19.1 Å². The molecule has 1 heterocycles. The summed E-state index contributed by atoms with van der Waals surface area (Å²) < 4.78 is 25.6. The van der Waals surface area contributed by atoms with Gasteiger partial charge in [-0.1, -0.05) is 39.8 Å². The number of hydrogen-bond acceptors (Lipinski definition) is 7. The normalized spacial score (nSPS) is 15.0. The summed E-state index contributed by atoms with van der Waals surface area (Å²) in [7, 11) is -2.20. The molecule has 0 spiro atoms. The smallest absolute Gasteiger partial charge is 0.409 e. The number of likely N-dealkylation sites (N-methyl/N-ethyl adjacent to an activating group) is 1. The predicted octanol–water partition coefficient (Wildman–Crippen LogP) is 3.17. The van der Waals surface area contributed by atoms with E-state index in [1.54, 1.807) is 19.1 Å². The Morgan fingerprint density at radius 2 is 1.69 bits per heavy atom. The van der Waals surface area contributed by atoms with Crippen molar-refractivity contribution in [1.82, 2.24) is 15.2 Å². The molecular weight excluding hydrogens is 485 g/mol. The Morgan fingerprint density at radius 1 is 1.06 bits per heavy atom. The summed E-state index contributed by atoms with van der Waals surface area (Å²) in [6.45, 7) is 9.47. The van der Waals surface area contributed by atoms with Gasteiger partial charge in [0.2, 0.25) is 19.2 Å². The molecule has 2 amide bonds. The fourth-order valence-corrected chi connectivity index (χ4v) is 6.60. The Morgan fingerprint density at radius 3 is 2.28 bits per heavy atom. The first-order chi connectivity index (χ1) is 16.9. The van der Waals surface area contributed by atoms with Crippen molar-refractivity contribution >= 4 is 30.2 Å². The minimum Gasteiger partial charge on any atom is -0.409 e. The summed E-state index contributed by atoms with van der Waals surface area (Å²) in [6, 6.07) is 5.57. The van der Waals surface area contributed by atoms with Crippen LogP contribution in [0.2, 0.25) is 0 Å². The van der Waals surface area contributed by atoms with Crippen LogP contribution in [-0.4, -0.2) is 42.2 Å². The van der Waals surface area contributed by atoms with Gasteiger partial charge in [0.25, 0.3) is 5.56 Å². The average molecular weight is 524 g/mol. The van der Waals surface area contributed by atoms with Crippen molar-refractivity contribution < 1.29 is 23.1 Å². The Labute approximate surface area is 211 Å². The number of carbonyl (C=O) groups is 2. The maximum Gasteiger partial charge on any atom is 0.422 e. The third-order valence-corrected chi connectivity index (χ3v) is 8.15. The SMILES string of the molecule is CCOP(=O)(CC(CC(C)C)C(=O)N[C@@H](CC(C)C)C(=O)NC)Cn1c(=O)oc2ccccc2c1=O. The minimum atomic E-state index is -3.70. The highest BCUT2D eigenvalue weighted by Crippen LogP contribution is 2.50. The van der Waals surface area contributed by atoms with Crippen LogP contribution in [0.3, 0.4) is 0 Å². The van der Waals surface area contributed by atoms with E-state index in [-0.39, 0.29) is 41.5 Å². The number of para-hydroxylation sites is 1. The number of nitrogens with one attached hydrogen (secondary N) is 2. The first-order valence-electron chi connectivity index (χ1n) is 12.3. The molecule has 0 radical (unpaired) electrons. The third-order valence-electron chi connectivity index (χ3n) is 5.71. The number of amides is 2. The van der Waals surface area contributed by atoms with Crippen molar-refractivity contribution in [2.45, 2.75) is 59.8 Å². The van der Waals surface area contributed by atoms with E-state index in [0.29, 0.717) is 12.8 Å². The number of hydrogen-bond donors (Lipinski definition) is 2. The monoisotopic (exact) mass is 523 g/mol. The Kier molecular flexibility index (Phi) is 10.7. The van der Waals surface area contributed by atoms with Crippen molar-refractivity contribution in [2.75, 3.05) is 19.8 Å². The van der Waals surface area contributed by atoms with E-state index in [4.69, 9.17) is 8.94 Å². The van der Waals surface area contributed by atoms with E-state index in [9.17, 15) is 23.7 Å². The van der Waals surface area contributed by atoms with Gasteiger partial charge in [0.15, 0.2) is 0 Å². The number of fused-ring (bicyclic) bond motifs is 1. The van der Waals surface area contributed by atoms with Crippen molar-refractivity contribution in [2.24, 2.45) is 17.8 Å². The molecule has 11 heteroatoms. The largest absolute Gasteiger partial charge is 0.422 e. The molecular formula is C25H38N3O7P. The van der Waals surface area contributed by atoms with Crippen LogP contribution in [0.15, 0.2) is 38.3 Å². The standard InChI is InChI=1S/C25H38N3O7P/c1-7-34-36(33,15-28-24(31)19-10-8-9-11-21(19)35-25(28)32)14-18(12-16(2)3)22(29)27-20(13-17(4)5)23(30)26-6/h8-11,16-18,20H,7,12-15H2,1-6H3,(H,26,30)(H,27,29)/t18?,20-,36?/m0/s1. The molecule has 3 atom stereocenters. The number of aromatic nitrogens is 1. The first-order valence-corrected chi connectivity index (χ1v) is 14.3. The Hall–Kier alpha value is -2.71. The zero-order valence-electron chi connectivity index (χ0n) is 21.9. The van der Waals surface area contributed by atoms with Gasteiger partial charge >= 0.3 is 5.76 Å². The second-order valence-electron chi connectivity index (χ2n) is 9.79. The molecule has 1 aromatic heterocycles. The summed E-state index contributed by atoms with van der Waals surface area (Å²) >= 11 is 0. The Balaban J connectivity index is 2.40. The molecule has 10 nitrogen and oxygen atoms in total. The minimum absolute atomic E-state index is 0.0647. The van der Waals surface area contributed by atoms with Crippen LogP contribution >= 0.6 is 7.37 Å². The number of nitrogens with zero attached hydrogens (tertiary/aromatic N) is 1. The molecule has 36 heavy (non-hydrogen) atoms. The summed E-state index contributed by atoms with van der Waals surface area (Å²) in [5, 5.41) is 5.55. The van der Waals surface area contributed by atoms with Crippen LogP contribution in [0.25, 0.3) is 11.0 Å². The van der Waals surface area contributed by atoms with Crippen LogP contribution in [-0.2, 0) is 25.0 Å². The third kappa shape index (κ3) is 7.90. The van der Waals surface area contributed by atoms with Gasteiger partial charge in [0.1, 0.15) is 17.9 Å². The van der Waals surface area contributed by atoms with Gasteiger partial charge in [-0.05, 0) is 43.7 Å². The topological polar surface area (TPSA) is 137 Å². The molecule has 0 saturated carbocycles. The second kappa shape index (κ2) is 13.0. The average Bonchev–Trinajstić information content (AvgIpc) is 2.80. The van der Waals surface area contributed by atoms with Gasteiger partial charge < -0.3 is 19.6 Å². The Bertz CT molecular complexity index is 1220. The van der Waals surface area contributed by atoms with Gasteiger partial charge in [-0.25, -0.2) is 9.36 Å². The zero-order chi connectivity index (χ0) is 27.0. The van der Waals surface area contributed by atoms with E-state index in [2.05, 4.69) is 10.6 Å². The summed E-state index contributed by atoms with van der Waals surface area (Å²) in [6.07, 6.45) is 0.119. The van der Waals surface area contributed by atoms with Gasteiger partial charge in [0.05, 0.1) is 12.0 Å². The van der Waals surface area contributed by atoms with Gasteiger partial charge in [-0.2, -0.15) is 0 Å². The quantitative estimate of drug-likeness (QED) is 0.385. The highest BCUT2D eigenvalue weighted by Gasteiger charge is 2.35. The molecule has 0 aliphatic carbocycles. The van der Waals surface area contributed by atoms with Crippen molar-refractivity contribution in [3.63, 3.8) is 0 Å². The molecule has 0 fully saturated rings. The first kappa shape index (κ1) is 29.5. The van der Waals surface area contributed by atoms with E-state index in [1.165, 1.54) is 19.2 Å². The number of rotatable bonds is 13. The van der Waals surface area contributed by atoms with E-state index in [1.807, 2.05) is 27.7 Å². The summed E-state index contributed by atoms with van der Waals surface area (Å²) in [5.74, 6) is -2.20. The molecule has 0 aliphatic rings. The highest BCUT2D eigenvalue weighted by atomic mass is 31.2. The van der Waals surface area contributed by atoms with Crippen LogP contribution in [0.5, 0.6) is 0 Å². The number of carbonyl (C=O) groups excluding carboxylic acids is 2. The molecule has 2 unspecified atom stereocenters. The fraction of sp³-hybridized carbons (Fsp3) is 0.600. The van der Waals surface area contributed by atoms with E-state index < -0.39 is 42.8 Å². The number of benzene rings is 1. The second-order valence-corrected chi connectivity index (χ2v) is 12.3. The lowest BCUT2D eigenvalue weighted by Crippen LogP contribution is -2.49. The lowest BCUT2D eigenvalue weighted by molar-refractivity contribution is -0.131. The maximum absolute atomic E-state index is 14.0. The molecule has 2 rings (SSSR count). The molecule has 0 aliphatic heterocycles. The van der Waals surface area contributed by atoms with E-state index >= 15 is 0 Å². The lowest BCUT2D eigenvalue weighted by atomic mass is 9.96. The van der Waals surface area contributed by atoms with E-state index in [0.717, 1.165) is 4.57 Å². The lowest BCUT2D eigenvalue weighted by Gasteiger charge is -2.27. The van der Waals surface area contributed by atoms with Crippen molar-refractivity contribution in [3.05, 3.63) is 45.2 Å². The molecule has 2 N–H and O–H groups in total. The van der Waals surface area contributed by atoms with Crippen molar-refractivity contribution in [1.29, 1.82) is 0 Å². The molecule has 2 aromatic rings. The van der Waals surface area contributed by atoms with Crippen LogP contribution in [0, 0.1) is 17.8 Å². The van der Waals surface area contributed by atoms with Gasteiger partial charge in [-0.15, -0.1) is 0 Å². The maximum atomic E-state index is 14.0. The van der Waals surface area contributed by atoms with Crippen LogP contribution in [0.4, 0.5) is 0 Å². The molecule has 1 aromatic carbocycles. The molecule has 0 bridgehead atoms. The fourth-order valence-electron chi connectivity index (χ4n) is 4.17. The van der Waals surface area contributed by atoms with Crippen LogP contribution < -0.4 is 21.9 Å². The predicted molar refractivity (Wildman–Crippen MR) is 139 cm³/mol. The summed E-state index contributed by atoms with van der Waals surface area (Å²) in [5.41, 5.74) is -0.499. The molecule has 200 valence electrons. The van der Waals surface area contributed by atoms with Gasteiger partial charge in [-0.3, -0.25) is 18.9 Å². The summed E-state index contributed by atoms with van der Waals surface area (Å²) in [4.78, 5) is 51.2. The molecule has 0 saturated heterocycles. The van der Waals surface area contributed by atoms with Crippen molar-refractivity contribution in [3.8, 4) is 0 Å².